The zero-order chi connectivity index (χ0) is 7.65. The second-order valence-corrected chi connectivity index (χ2v) is 4.74. The molecule has 0 saturated carbocycles. The molecule has 0 N–H and O–H groups in total. The van der Waals surface area contributed by atoms with Crippen LogP contribution in [0.3, 0.4) is 0 Å². The number of carbonyl (C=O) groups excluding carboxylic acids is 1. The molecule has 0 rings (SSSR count). The highest BCUT2D eigenvalue weighted by atomic mass is 35.7. The number of carbonyl (C=O) groups is 1. The lowest BCUT2D eigenvalue weighted by molar-refractivity contribution is -0.111. The van der Waals surface area contributed by atoms with Gasteiger partial charge in [-0.05, 0) is 18.5 Å². The normalized spacial score (nSPS) is 15.0. The van der Waals surface area contributed by atoms with E-state index in [9.17, 15) is 13.2 Å². The summed E-state index contributed by atoms with van der Waals surface area (Å²) in [6, 6.07) is 0. The van der Waals surface area contributed by atoms with E-state index in [0.717, 1.165) is 6.92 Å². The third-order valence-electron chi connectivity index (χ3n) is 0.742. The van der Waals surface area contributed by atoms with E-state index >= 15 is 0 Å². The van der Waals surface area contributed by atoms with Crippen molar-refractivity contribution in [3.05, 3.63) is 0 Å². The van der Waals surface area contributed by atoms with Gasteiger partial charge >= 0.3 is 0 Å². The van der Waals surface area contributed by atoms with E-state index in [1.165, 1.54) is 0 Å². The minimum Gasteiger partial charge on any atom is -0.280 e. The SMILES string of the molecule is CC(C(=O)Cl)S(=O)(=O)Cl. The van der Waals surface area contributed by atoms with Crippen LogP contribution in [0.1, 0.15) is 6.92 Å². The first-order chi connectivity index (χ1) is 3.85. The van der Waals surface area contributed by atoms with Gasteiger partial charge in [0.2, 0.25) is 14.3 Å². The largest absolute Gasteiger partial charge is 0.280 e. The molecule has 9 heavy (non-hydrogen) atoms. The van der Waals surface area contributed by atoms with Crippen molar-refractivity contribution >= 4 is 36.6 Å². The first-order valence-corrected chi connectivity index (χ1v) is 4.73. The van der Waals surface area contributed by atoms with E-state index in [1.54, 1.807) is 0 Å². The van der Waals surface area contributed by atoms with Crippen LogP contribution in [0.25, 0.3) is 0 Å². The summed E-state index contributed by atoms with van der Waals surface area (Å²) >= 11 is 4.81. The molecule has 0 aliphatic rings. The van der Waals surface area contributed by atoms with Gasteiger partial charge in [0.15, 0.2) is 0 Å². The number of hydrogen-bond acceptors (Lipinski definition) is 3. The van der Waals surface area contributed by atoms with Crippen LogP contribution in [0.15, 0.2) is 0 Å². The van der Waals surface area contributed by atoms with E-state index in [4.69, 9.17) is 22.3 Å². The van der Waals surface area contributed by atoms with E-state index in [-0.39, 0.29) is 0 Å². The Hall–Kier alpha value is 0.200. The van der Waals surface area contributed by atoms with E-state index < -0.39 is 19.5 Å². The first-order valence-electron chi connectivity index (χ1n) is 1.98. The molecule has 0 fully saturated rings. The fraction of sp³-hybridized carbons (Fsp3) is 0.667. The van der Waals surface area contributed by atoms with Crippen molar-refractivity contribution in [3.63, 3.8) is 0 Å². The Morgan fingerprint density at radius 2 is 1.89 bits per heavy atom. The Bertz CT molecular complexity index is 207. The van der Waals surface area contributed by atoms with E-state index in [2.05, 4.69) is 0 Å². The van der Waals surface area contributed by atoms with E-state index in [0.29, 0.717) is 0 Å². The predicted molar refractivity (Wildman–Crippen MR) is 35.1 cm³/mol. The molecule has 1 atom stereocenters. The van der Waals surface area contributed by atoms with Gasteiger partial charge in [0, 0.05) is 10.7 Å². The zero-order valence-corrected chi connectivity index (χ0v) is 6.79. The number of rotatable bonds is 2. The molecule has 0 aliphatic heterocycles. The molecule has 0 aliphatic carbocycles. The highest BCUT2D eigenvalue weighted by Gasteiger charge is 2.23. The highest BCUT2D eigenvalue weighted by molar-refractivity contribution is 8.14. The molecule has 0 radical (unpaired) electrons. The molecule has 0 aromatic carbocycles. The smallest absolute Gasteiger partial charge is 0.243 e. The third-order valence-corrected chi connectivity index (χ3v) is 3.06. The molecule has 1 unspecified atom stereocenters. The van der Waals surface area contributed by atoms with Crippen molar-refractivity contribution in [3.8, 4) is 0 Å². The van der Waals surface area contributed by atoms with Crippen molar-refractivity contribution in [2.75, 3.05) is 0 Å². The molecular formula is C3H4Cl2O3S. The monoisotopic (exact) mass is 190 g/mol. The van der Waals surface area contributed by atoms with Crippen LogP contribution < -0.4 is 0 Å². The van der Waals surface area contributed by atoms with Gasteiger partial charge in [0.25, 0.3) is 0 Å². The maximum Gasteiger partial charge on any atom is 0.243 e. The van der Waals surface area contributed by atoms with Crippen LogP contribution in [-0.2, 0) is 13.8 Å². The van der Waals surface area contributed by atoms with Crippen LogP contribution >= 0.6 is 22.3 Å². The average molecular weight is 191 g/mol. The standard InChI is InChI=1S/C3H4Cl2O3S/c1-2(3(4)6)9(5,7)8/h2H,1H3. The van der Waals surface area contributed by atoms with Crippen LogP contribution in [-0.4, -0.2) is 18.9 Å². The average Bonchev–Trinajstić information content (AvgIpc) is 1.62. The number of hydrogen-bond donors (Lipinski definition) is 0. The van der Waals surface area contributed by atoms with Crippen molar-refractivity contribution in [1.29, 1.82) is 0 Å². The lowest BCUT2D eigenvalue weighted by Crippen LogP contribution is -2.18. The lowest BCUT2D eigenvalue weighted by atomic mass is 10.5. The Balaban J connectivity index is 4.43. The van der Waals surface area contributed by atoms with Crippen molar-refractivity contribution in [1.82, 2.24) is 0 Å². The topological polar surface area (TPSA) is 51.2 Å². The molecule has 0 spiro atoms. The van der Waals surface area contributed by atoms with Crippen LogP contribution in [0.4, 0.5) is 0 Å². The summed E-state index contributed by atoms with van der Waals surface area (Å²) in [6.45, 7) is 1.12. The van der Waals surface area contributed by atoms with Gasteiger partial charge < -0.3 is 0 Å². The summed E-state index contributed by atoms with van der Waals surface area (Å²) < 4.78 is 20.5. The summed E-state index contributed by atoms with van der Waals surface area (Å²) in [6.07, 6.45) is 0. The molecule has 6 heteroatoms. The van der Waals surface area contributed by atoms with Gasteiger partial charge in [-0.2, -0.15) is 0 Å². The number of halogens is 2. The molecule has 0 aromatic heterocycles. The van der Waals surface area contributed by atoms with Gasteiger partial charge in [-0.1, -0.05) is 0 Å². The van der Waals surface area contributed by atoms with Crippen molar-refractivity contribution in [2.24, 2.45) is 0 Å². The van der Waals surface area contributed by atoms with Gasteiger partial charge in [0.1, 0.15) is 5.25 Å². The minimum atomic E-state index is -3.81. The summed E-state index contributed by atoms with van der Waals surface area (Å²) in [4.78, 5) is 10.1. The predicted octanol–water partition coefficient (Wildman–Crippen LogP) is 0.709. The Kier molecular flexibility index (Phi) is 2.92. The second-order valence-electron chi connectivity index (χ2n) is 1.42. The van der Waals surface area contributed by atoms with Crippen molar-refractivity contribution in [2.45, 2.75) is 12.2 Å². The fourth-order valence-corrected chi connectivity index (χ4v) is 1.06. The third kappa shape index (κ3) is 3.03. The van der Waals surface area contributed by atoms with Gasteiger partial charge in [0.05, 0.1) is 0 Å². The Morgan fingerprint density at radius 3 is 1.89 bits per heavy atom. The maximum absolute atomic E-state index is 10.2. The molecule has 54 valence electrons. The summed E-state index contributed by atoms with van der Waals surface area (Å²) in [5.74, 6) is 0. The maximum atomic E-state index is 10.2. The second kappa shape index (κ2) is 2.86. The van der Waals surface area contributed by atoms with Crippen LogP contribution in [0, 0.1) is 0 Å². The zero-order valence-electron chi connectivity index (χ0n) is 4.47. The van der Waals surface area contributed by atoms with Gasteiger partial charge in [-0.3, -0.25) is 4.79 Å². The lowest BCUT2D eigenvalue weighted by Gasteiger charge is -1.97. The van der Waals surface area contributed by atoms with Gasteiger partial charge in [-0.15, -0.1) is 0 Å². The van der Waals surface area contributed by atoms with E-state index in [1.807, 2.05) is 0 Å². The summed E-state index contributed by atoms with van der Waals surface area (Å²) in [5, 5.41) is -2.29. The summed E-state index contributed by atoms with van der Waals surface area (Å²) in [7, 11) is 0.934. The molecule has 0 saturated heterocycles. The Morgan fingerprint density at radius 1 is 1.56 bits per heavy atom. The highest BCUT2D eigenvalue weighted by Crippen LogP contribution is 2.08. The molecule has 0 aromatic rings. The van der Waals surface area contributed by atoms with Crippen molar-refractivity contribution < 1.29 is 13.2 Å². The minimum absolute atomic E-state index is 0.968. The quantitative estimate of drug-likeness (QED) is 0.604. The first kappa shape index (κ1) is 9.20. The van der Waals surface area contributed by atoms with Crippen LogP contribution in [0.5, 0.6) is 0 Å². The summed E-state index contributed by atoms with van der Waals surface area (Å²) in [5.41, 5.74) is 0. The molecular weight excluding hydrogens is 187 g/mol. The Labute approximate surface area is 62.4 Å². The fourth-order valence-electron chi connectivity index (χ4n) is 0.111. The molecule has 0 bridgehead atoms. The van der Waals surface area contributed by atoms with Crippen LogP contribution in [0.2, 0.25) is 0 Å². The van der Waals surface area contributed by atoms with Gasteiger partial charge in [-0.25, -0.2) is 8.42 Å². The molecule has 0 amide bonds. The molecule has 3 nitrogen and oxygen atoms in total. The molecule has 0 heterocycles.